The lowest BCUT2D eigenvalue weighted by Gasteiger charge is -2.14. The number of allylic oxidation sites excluding steroid dienone is 1. The molecule has 2 heteroatoms. The molecule has 0 saturated heterocycles. The Kier molecular flexibility index (Phi) is 8.37. The second kappa shape index (κ2) is 10.1. The molecule has 1 aliphatic rings. The van der Waals surface area contributed by atoms with Crippen LogP contribution in [0.15, 0.2) is 66.1 Å². The van der Waals surface area contributed by atoms with Gasteiger partial charge in [0.15, 0.2) is 0 Å². The van der Waals surface area contributed by atoms with Crippen molar-refractivity contribution >= 4 is 11.8 Å². The monoisotopic (exact) mass is 300 g/mol. The number of rotatable bonds is 0. The van der Waals surface area contributed by atoms with Crippen molar-refractivity contribution in [1.29, 1.82) is 0 Å². The van der Waals surface area contributed by atoms with Crippen LogP contribution in [0.4, 0.5) is 0 Å². The Labute approximate surface area is 132 Å². The maximum Gasteiger partial charge on any atom is 0.116 e. The van der Waals surface area contributed by atoms with Crippen LogP contribution in [0.1, 0.15) is 24.5 Å². The Bertz CT molecular complexity index is 535. The second-order valence-electron chi connectivity index (χ2n) is 4.81. The summed E-state index contributed by atoms with van der Waals surface area (Å²) in [6.45, 7) is 7.33. The summed E-state index contributed by atoms with van der Waals surface area (Å²) < 4.78 is 0. The molecule has 1 aliphatic heterocycles. The fourth-order valence-corrected chi connectivity index (χ4v) is 2.93. The van der Waals surface area contributed by atoms with E-state index in [1.807, 2.05) is 49.0 Å². The van der Waals surface area contributed by atoms with Crippen LogP contribution in [0.2, 0.25) is 0 Å². The highest BCUT2D eigenvalue weighted by Crippen LogP contribution is 2.32. The number of phenolic OH excluding ortho intramolecular Hbond substituents is 1. The van der Waals surface area contributed by atoms with E-state index >= 15 is 0 Å². The Morgan fingerprint density at radius 3 is 2.38 bits per heavy atom. The van der Waals surface area contributed by atoms with Crippen molar-refractivity contribution in [2.45, 2.75) is 31.6 Å². The van der Waals surface area contributed by atoms with E-state index in [9.17, 15) is 5.11 Å². The Balaban J connectivity index is 0.000000190. The van der Waals surface area contributed by atoms with Gasteiger partial charge in [0.1, 0.15) is 5.75 Å². The number of thioether (sulfide) groups is 1. The first-order valence-corrected chi connectivity index (χ1v) is 8.19. The maximum absolute atomic E-state index is 9.17. The molecule has 1 heterocycles. The number of aryl methyl sites for hydroxylation is 2. The van der Waals surface area contributed by atoms with E-state index in [1.54, 1.807) is 12.1 Å². The van der Waals surface area contributed by atoms with Gasteiger partial charge in [0.25, 0.3) is 0 Å². The normalized spacial score (nSPS) is 11.9. The highest BCUT2D eigenvalue weighted by molar-refractivity contribution is 7.99. The van der Waals surface area contributed by atoms with Crippen LogP contribution in [0.5, 0.6) is 5.75 Å². The van der Waals surface area contributed by atoms with Crippen molar-refractivity contribution in [1.82, 2.24) is 0 Å². The van der Waals surface area contributed by atoms with Crippen molar-refractivity contribution in [2.24, 2.45) is 0 Å². The zero-order valence-corrected chi connectivity index (χ0v) is 13.7. The fourth-order valence-electron chi connectivity index (χ4n) is 1.86. The molecule has 0 aliphatic carbocycles. The maximum atomic E-state index is 9.17. The minimum Gasteiger partial charge on any atom is -0.508 e. The largest absolute Gasteiger partial charge is 0.508 e. The molecule has 0 amide bonds. The van der Waals surface area contributed by atoms with Gasteiger partial charge < -0.3 is 5.11 Å². The van der Waals surface area contributed by atoms with Gasteiger partial charge in [-0.1, -0.05) is 48.0 Å². The van der Waals surface area contributed by atoms with Crippen molar-refractivity contribution in [3.63, 3.8) is 0 Å². The van der Waals surface area contributed by atoms with Gasteiger partial charge in [0.2, 0.25) is 0 Å². The summed E-state index contributed by atoms with van der Waals surface area (Å²) in [6.07, 6.45) is 4.19. The predicted octanol–water partition coefficient (Wildman–Crippen LogP) is 5.62. The van der Waals surface area contributed by atoms with Crippen LogP contribution in [0.25, 0.3) is 0 Å². The molecule has 0 atom stereocenters. The van der Waals surface area contributed by atoms with Crippen LogP contribution in [0.3, 0.4) is 0 Å². The van der Waals surface area contributed by atoms with Crippen molar-refractivity contribution in [2.75, 3.05) is 5.75 Å². The number of aromatic hydroxyl groups is 1. The average Bonchev–Trinajstić information content (AvgIpc) is 2.49. The van der Waals surface area contributed by atoms with E-state index in [0.29, 0.717) is 5.75 Å². The molecule has 2 aromatic carbocycles. The Morgan fingerprint density at radius 1 is 1.14 bits per heavy atom. The lowest BCUT2D eigenvalue weighted by Crippen LogP contribution is -1.96. The molecule has 2 aromatic rings. The summed E-state index contributed by atoms with van der Waals surface area (Å²) >= 11 is 1.84. The summed E-state index contributed by atoms with van der Waals surface area (Å²) in [7, 11) is 0. The van der Waals surface area contributed by atoms with E-state index in [4.69, 9.17) is 0 Å². The first-order valence-electron chi connectivity index (χ1n) is 7.20. The molecule has 0 unspecified atom stereocenters. The fraction of sp³-hybridized carbons (Fsp3) is 0.263. The zero-order valence-electron chi connectivity index (χ0n) is 12.9. The molecule has 0 bridgehead atoms. The third-order valence-corrected chi connectivity index (χ3v) is 4.02. The van der Waals surface area contributed by atoms with Gasteiger partial charge in [-0.3, -0.25) is 0 Å². The third-order valence-electron chi connectivity index (χ3n) is 2.84. The summed E-state index contributed by atoms with van der Waals surface area (Å²) in [4.78, 5) is 1.26. The van der Waals surface area contributed by atoms with Crippen LogP contribution < -0.4 is 0 Å². The second-order valence-corrected chi connectivity index (χ2v) is 5.94. The number of hydrogen-bond donors (Lipinski definition) is 1. The molecule has 1 nitrogen and oxygen atoms in total. The summed E-state index contributed by atoms with van der Waals surface area (Å²) in [5.41, 5.74) is 2.71. The van der Waals surface area contributed by atoms with E-state index in [-0.39, 0.29) is 0 Å². The molecule has 0 radical (unpaired) electrons. The Hall–Kier alpha value is -1.67. The SMILES string of the molecule is C=CC.Cc1ccccc1.Oc1ccc2c(c1)SCCC2. The molecule has 0 spiro atoms. The highest BCUT2D eigenvalue weighted by Gasteiger charge is 2.08. The first-order chi connectivity index (χ1) is 10.2. The van der Waals surface area contributed by atoms with Crippen LogP contribution >= 0.6 is 11.8 Å². The van der Waals surface area contributed by atoms with Crippen molar-refractivity contribution in [3.05, 3.63) is 72.3 Å². The van der Waals surface area contributed by atoms with Crippen LogP contribution in [-0.2, 0) is 6.42 Å². The first kappa shape index (κ1) is 17.4. The van der Waals surface area contributed by atoms with E-state index in [2.05, 4.69) is 25.6 Å². The highest BCUT2D eigenvalue weighted by atomic mass is 32.2. The standard InChI is InChI=1S/C9H10OS.C7H8.C3H6/c10-8-4-3-7-2-1-5-11-9(7)6-8;1-7-5-3-2-4-6-7;1-3-2/h3-4,6,10H,1-2,5H2;2-6H,1H3;3H,1H2,2H3. The van der Waals surface area contributed by atoms with Crippen molar-refractivity contribution < 1.29 is 5.11 Å². The quantitative estimate of drug-likeness (QED) is 0.637. The van der Waals surface area contributed by atoms with Gasteiger partial charge >= 0.3 is 0 Å². The molecule has 0 saturated carbocycles. The van der Waals surface area contributed by atoms with E-state index < -0.39 is 0 Å². The van der Waals surface area contributed by atoms with Crippen LogP contribution in [-0.4, -0.2) is 10.9 Å². The van der Waals surface area contributed by atoms with Crippen molar-refractivity contribution in [3.8, 4) is 5.75 Å². The molecule has 0 fully saturated rings. The number of benzene rings is 2. The van der Waals surface area contributed by atoms with Gasteiger partial charge in [-0.15, -0.1) is 18.3 Å². The summed E-state index contributed by atoms with van der Waals surface area (Å²) in [6, 6.07) is 15.9. The average molecular weight is 300 g/mol. The molecule has 21 heavy (non-hydrogen) atoms. The smallest absolute Gasteiger partial charge is 0.116 e. The molecule has 0 aromatic heterocycles. The number of fused-ring (bicyclic) bond motifs is 1. The minimum absolute atomic E-state index is 0.387. The summed E-state index contributed by atoms with van der Waals surface area (Å²) in [5, 5.41) is 9.17. The predicted molar refractivity (Wildman–Crippen MR) is 94.2 cm³/mol. The lowest BCUT2D eigenvalue weighted by molar-refractivity contribution is 0.473. The third kappa shape index (κ3) is 7.05. The molecule has 3 rings (SSSR count). The lowest BCUT2D eigenvalue weighted by atomic mass is 10.1. The molecule has 112 valence electrons. The zero-order chi connectivity index (χ0) is 15.5. The number of hydrogen-bond acceptors (Lipinski definition) is 2. The van der Waals surface area contributed by atoms with E-state index in [1.165, 1.54) is 34.6 Å². The number of phenols is 1. The molecular weight excluding hydrogens is 276 g/mol. The van der Waals surface area contributed by atoms with Gasteiger partial charge in [-0.2, -0.15) is 0 Å². The van der Waals surface area contributed by atoms with Gasteiger partial charge in [-0.05, 0) is 50.1 Å². The van der Waals surface area contributed by atoms with Gasteiger partial charge in [0, 0.05) is 4.90 Å². The van der Waals surface area contributed by atoms with Crippen LogP contribution in [0, 0.1) is 6.92 Å². The van der Waals surface area contributed by atoms with Gasteiger partial charge in [0.05, 0.1) is 0 Å². The topological polar surface area (TPSA) is 20.2 Å². The Morgan fingerprint density at radius 2 is 1.81 bits per heavy atom. The van der Waals surface area contributed by atoms with E-state index in [0.717, 1.165) is 0 Å². The summed E-state index contributed by atoms with van der Waals surface area (Å²) in [5.74, 6) is 1.58. The molecule has 1 N–H and O–H groups in total. The van der Waals surface area contributed by atoms with Gasteiger partial charge in [-0.25, -0.2) is 0 Å². The molecular formula is C19H24OS. The minimum atomic E-state index is 0.387.